The minimum atomic E-state index is -2.05. The minimum absolute atomic E-state index is 0.145. The molecule has 1 aromatic carbocycles. The van der Waals surface area contributed by atoms with Gasteiger partial charge in [-0.15, -0.1) is 0 Å². The van der Waals surface area contributed by atoms with E-state index in [-0.39, 0.29) is 6.10 Å². The Morgan fingerprint density at radius 3 is 1.75 bits per heavy atom. The Morgan fingerprint density at radius 2 is 1.29 bits per heavy atom. The molecule has 0 fully saturated rings. The van der Waals surface area contributed by atoms with Gasteiger partial charge in [0.1, 0.15) is 0 Å². The van der Waals surface area contributed by atoms with E-state index in [4.69, 9.17) is 0 Å². The van der Waals surface area contributed by atoms with E-state index >= 15 is 0 Å². The fourth-order valence-corrected chi connectivity index (χ4v) is 20.3. The molecule has 0 aliphatic carbocycles. The number of unbranched alkanes of at least 4 members (excludes halogenated alkanes) is 3. The predicted octanol–water partition coefficient (Wildman–Crippen LogP) is 6.83. The molecule has 24 heavy (non-hydrogen) atoms. The molecule has 0 radical (unpaired) electrons. The number of aliphatic hydroxyl groups excluding tert-OH is 1. The standard InChI is InChI=1S/C10H13O.3C4H9.Sn/c1-2-10(11)8-9-6-4-3-5-7-9;3*1-3-4-2;/h3-7,10-11H,1-2,8H2;3*1,3-4H2,2H3;. The van der Waals surface area contributed by atoms with Crippen molar-refractivity contribution in [2.24, 2.45) is 0 Å². The van der Waals surface area contributed by atoms with Crippen LogP contribution in [0.25, 0.3) is 0 Å². The van der Waals surface area contributed by atoms with Crippen LogP contribution >= 0.6 is 0 Å². The van der Waals surface area contributed by atoms with Gasteiger partial charge in [-0.05, 0) is 0 Å². The van der Waals surface area contributed by atoms with Gasteiger partial charge in [0, 0.05) is 0 Å². The Hall–Kier alpha value is -0.0213. The third kappa shape index (κ3) is 8.89. The van der Waals surface area contributed by atoms with E-state index in [2.05, 4.69) is 51.1 Å². The number of hydrogen-bond donors (Lipinski definition) is 1. The maximum absolute atomic E-state index is 10.6. The molecular formula is C22H40OSn. The van der Waals surface area contributed by atoms with Crippen LogP contribution in [0.4, 0.5) is 0 Å². The molecule has 0 amide bonds. The van der Waals surface area contributed by atoms with Gasteiger partial charge in [-0.2, -0.15) is 0 Å². The van der Waals surface area contributed by atoms with Crippen LogP contribution in [0.5, 0.6) is 0 Å². The second kappa shape index (κ2) is 13.2. The molecule has 0 saturated carbocycles. The topological polar surface area (TPSA) is 20.2 Å². The van der Waals surface area contributed by atoms with E-state index in [1.54, 1.807) is 13.3 Å². The van der Waals surface area contributed by atoms with Gasteiger partial charge in [0.05, 0.1) is 0 Å². The maximum atomic E-state index is 10.6. The third-order valence-corrected chi connectivity index (χ3v) is 21.5. The Bertz CT molecular complexity index is 382. The van der Waals surface area contributed by atoms with Crippen LogP contribution in [0.2, 0.25) is 17.7 Å². The molecule has 0 heterocycles. The first kappa shape index (κ1) is 22.0. The van der Waals surface area contributed by atoms with Crippen molar-refractivity contribution in [1.82, 2.24) is 0 Å². The Morgan fingerprint density at radius 1 is 0.792 bits per heavy atom. The molecule has 0 saturated heterocycles. The number of aliphatic hydroxyl groups is 1. The summed E-state index contributed by atoms with van der Waals surface area (Å²) in [6.07, 6.45) is 10.0. The van der Waals surface area contributed by atoms with Crippen LogP contribution < -0.4 is 0 Å². The second-order valence-electron chi connectivity index (χ2n) is 7.69. The number of rotatable bonds is 14. The van der Waals surface area contributed by atoms with Crippen LogP contribution in [0.1, 0.15) is 71.3 Å². The molecule has 1 rings (SSSR count). The first-order chi connectivity index (χ1) is 11.7. The zero-order chi connectivity index (χ0) is 17.7. The van der Waals surface area contributed by atoms with Crippen molar-refractivity contribution in [3.8, 4) is 0 Å². The molecule has 0 aliphatic heterocycles. The summed E-state index contributed by atoms with van der Waals surface area (Å²) in [6, 6.07) is 10.5. The van der Waals surface area contributed by atoms with Gasteiger partial charge in [-0.1, -0.05) is 0 Å². The van der Waals surface area contributed by atoms with E-state index in [1.165, 1.54) is 48.5 Å². The quantitative estimate of drug-likeness (QED) is 0.315. The molecule has 1 unspecified atom stereocenters. The van der Waals surface area contributed by atoms with E-state index in [1.807, 2.05) is 0 Å². The monoisotopic (exact) mass is 440 g/mol. The van der Waals surface area contributed by atoms with Crippen LogP contribution in [0.15, 0.2) is 30.3 Å². The molecule has 1 aromatic rings. The fourth-order valence-electron chi connectivity index (χ4n) is 3.87. The van der Waals surface area contributed by atoms with Crippen molar-refractivity contribution in [2.45, 2.75) is 96.0 Å². The van der Waals surface area contributed by atoms with Gasteiger partial charge < -0.3 is 0 Å². The van der Waals surface area contributed by atoms with Crippen molar-refractivity contribution in [1.29, 1.82) is 0 Å². The van der Waals surface area contributed by atoms with Gasteiger partial charge in [-0.25, -0.2) is 0 Å². The first-order valence-corrected chi connectivity index (χ1v) is 18.4. The summed E-state index contributed by atoms with van der Waals surface area (Å²) >= 11 is -2.05. The SMILES string of the molecule is CCC[CH2][Sn]([CH2]CCC)([CH2]CCC)[CH2]CC(O)Cc1ccccc1. The van der Waals surface area contributed by atoms with Gasteiger partial charge in [-0.3, -0.25) is 0 Å². The van der Waals surface area contributed by atoms with Gasteiger partial charge in [0.25, 0.3) is 0 Å². The average Bonchev–Trinajstić information content (AvgIpc) is 2.61. The van der Waals surface area contributed by atoms with Crippen LogP contribution in [-0.4, -0.2) is 29.6 Å². The predicted molar refractivity (Wildman–Crippen MR) is 110 cm³/mol. The van der Waals surface area contributed by atoms with Crippen LogP contribution in [0, 0.1) is 0 Å². The average molecular weight is 439 g/mol. The van der Waals surface area contributed by atoms with Crippen molar-refractivity contribution in [2.75, 3.05) is 0 Å². The fraction of sp³-hybridized carbons (Fsp3) is 0.727. The normalized spacial score (nSPS) is 13.2. The van der Waals surface area contributed by atoms with E-state index < -0.39 is 18.4 Å². The molecule has 2 heteroatoms. The summed E-state index contributed by atoms with van der Waals surface area (Å²) in [5.41, 5.74) is 1.28. The molecule has 1 atom stereocenters. The molecule has 138 valence electrons. The second-order valence-corrected chi connectivity index (χ2v) is 22.0. The van der Waals surface area contributed by atoms with Crippen molar-refractivity contribution in [3.63, 3.8) is 0 Å². The van der Waals surface area contributed by atoms with Crippen molar-refractivity contribution < 1.29 is 5.11 Å². The molecular weight excluding hydrogens is 399 g/mol. The third-order valence-electron chi connectivity index (χ3n) is 5.50. The summed E-state index contributed by atoms with van der Waals surface area (Å²) in [4.78, 5) is 0. The summed E-state index contributed by atoms with van der Waals surface area (Å²) in [5.74, 6) is 0. The summed E-state index contributed by atoms with van der Waals surface area (Å²) in [6.45, 7) is 7.00. The first-order valence-electron chi connectivity index (χ1n) is 10.4. The zero-order valence-corrected chi connectivity index (χ0v) is 19.3. The molecule has 0 spiro atoms. The van der Waals surface area contributed by atoms with Crippen LogP contribution in [0.3, 0.4) is 0 Å². The van der Waals surface area contributed by atoms with Crippen LogP contribution in [-0.2, 0) is 6.42 Å². The molecule has 1 N–H and O–H groups in total. The Balaban J connectivity index is 2.62. The number of hydrogen-bond acceptors (Lipinski definition) is 1. The molecule has 0 aliphatic rings. The van der Waals surface area contributed by atoms with Crippen molar-refractivity contribution in [3.05, 3.63) is 35.9 Å². The van der Waals surface area contributed by atoms with E-state index in [9.17, 15) is 5.11 Å². The van der Waals surface area contributed by atoms with Crippen molar-refractivity contribution >= 4 is 18.4 Å². The molecule has 0 bridgehead atoms. The zero-order valence-electron chi connectivity index (χ0n) is 16.4. The van der Waals surface area contributed by atoms with E-state index in [0.717, 1.165) is 12.8 Å². The Labute approximate surface area is 155 Å². The van der Waals surface area contributed by atoms with Gasteiger partial charge in [0.15, 0.2) is 0 Å². The Kier molecular flexibility index (Phi) is 12.1. The number of benzene rings is 1. The molecule has 0 aromatic heterocycles. The summed E-state index contributed by atoms with van der Waals surface area (Å²) in [7, 11) is 0. The summed E-state index contributed by atoms with van der Waals surface area (Å²) in [5, 5.41) is 10.6. The van der Waals surface area contributed by atoms with Gasteiger partial charge in [0.2, 0.25) is 0 Å². The summed E-state index contributed by atoms with van der Waals surface area (Å²) < 4.78 is 6.08. The van der Waals surface area contributed by atoms with E-state index in [0.29, 0.717) is 0 Å². The van der Waals surface area contributed by atoms with Gasteiger partial charge >= 0.3 is 155 Å². The molecule has 1 nitrogen and oxygen atoms in total.